The minimum atomic E-state index is -0.137. The Hall–Kier alpha value is -0.300. The first-order valence-corrected chi connectivity index (χ1v) is 4.83. The van der Waals surface area contributed by atoms with Crippen molar-refractivity contribution in [1.82, 2.24) is 0 Å². The lowest BCUT2D eigenvalue weighted by atomic mass is 10.0. The van der Waals surface area contributed by atoms with Gasteiger partial charge in [-0.05, 0) is 39.0 Å². The molecule has 1 nitrogen and oxygen atoms in total. The summed E-state index contributed by atoms with van der Waals surface area (Å²) < 4.78 is 0. The van der Waals surface area contributed by atoms with Crippen LogP contribution in [0.15, 0.2) is 11.6 Å². The average Bonchev–Trinajstić information content (AvgIpc) is 1.96. The van der Waals surface area contributed by atoms with E-state index < -0.39 is 0 Å². The molecule has 0 heterocycles. The van der Waals surface area contributed by atoms with Crippen LogP contribution in [0.25, 0.3) is 0 Å². The monoisotopic (exact) mass is 170 g/mol. The molecule has 0 fully saturated rings. The fourth-order valence-corrected chi connectivity index (χ4v) is 1.02. The van der Waals surface area contributed by atoms with Crippen LogP contribution < -0.4 is 0 Å². The van der Waals surface area contributed by atoms with Crippen LogP contribution in [0.4, 0.5) is 0 Å². The molecule has 1 heteroatoms. The van der Waals surface area contributed by atoms with E-state index in [9.17, 15) is 5.11 Å². The van der Waals surface area contributed by atoms with Gasteiger partial charge in [0.05, 0.1) is 6.10 Å². The Kier molecular flexibility index (Phi) is 6.09. The average molecular weight is 170 g/mol. The summed E-state index contributed by atoms with van der Waals surface area (Å²) in [6, 6.07) is 0. The Bertz CT molecular complexity index is 132. The van der Waals surface area contributed by atoms with Crippen LogP contribution in [-0.2, 0) is 0 Å². The van der Waals surface area contributed by atoms with E-state index in [0.29, 0.717) is 5.92 Å². The van der Waals surface area contributed by atoms with Gasteiger partial charge in [0, 0.05) is 0 Å². The number of rotatable bonds is 5. The highest BCUT2D eigenvalue weighted by atomic mass is 16.3. The normalized spacial score (nSPS) is 13.2. The molecule has 0 spiro atoms. The van der Waals surface area contributed by atoms with Gasteiger partial charge in [-0.15, -0.1) is 0 Å². The highest BCUT2D eigenvalue weighted by Gasteiger charge is 2.02. The van der Waals surface area contributed by atoms with E-state index in [2.05, 4.69) is 33.8 Å². The van der Waals surface area contributed by atoms with Gasteiger partial charge >= 0.3 is 0 Å². The highest BCUT2D eigenvalue weighted by molar-refractivity contribution is 4.94. The molecule has 0 unspecified atom stereocenters. The Morgan fingerprint density at radius 3 is 2.25 bits per heavy atom. The lowest BCUT2D eigenvalue weighted by Gasteiger charge is -2.09. The summed E-state index contributed by atoms with van der Waals surface area (Å²) in [5, 5.41) is 9.50. The maximum Gasteiger partial charge on any atom is 0.0574 e. The second kappa shape index (κ2) is 6.24. The molecule has 0 rings (SSSR count). The minimum Gasteiger partial charge on any atom is -0.393 e. The summed E-state index contributed by atoms with van der Waals surface area (Å²) in [7, 11) is 0. The molecule has 1 atom stereocenters. The number of aliphatic hydroxyl groups excluding tert-OH is 1. The zero-order valence-electron chi connectivity index (χ0n) is 8.80. The standard InChI is InChI=1S/C11H22O/c1-9(2)5-7-11(12)8-6-10(3)4/h5,10-12H,6-8H2,1-4H3/t11-/m0/s1. The van der Waals surface area contributed by atoms with Gasteiger partial charge in [0.2, 0.25) is 0 Å². The molecule has 72 valence electrons. The van der Waals surface area contributed by atoms with E-state index >= 15 is 0 Å². The molecule has 1 N–H and O–H groups in total. The van der Waals surface area contributed by atoms with Crippen molar-refractivity contribution >= 4 is 0 Å². The summed E-state index contributed by atoms with van der Waals surface area (Å²) in [4.78, 5) is 0. The molecule has 0 amide bonds. The van der Waals surface area contributed by atoms with Crippen molar-refractivity contribution in [2.45, 2.75) is 53.1 Å². The predicted octanol–water partition coefficient (Wildman–Crippen LogP) is 3.14. The number of hydrogen-bond acceptors (Lipinski definition) is 1. The number of aliphatic hydroxyl groups is 1. The fourth-order valence-electron chi connectivity index (χ4n) is 1.02. The Morgan fingerprint density at radius 2 is 1.83 bits per heavy atom. The molecule has 0 radical (unpaired) electrons. The third kappa shape index (κ3) is 7.80. The van der Waals surface area contributed by atoms with E-state index in [1.165, 1.54) is 5.57 Å². The second-order valence-corrected chi connectivity index (χ2v) is 4.14. The quantitative estimate of drug-likeness (QED) is 0.628. The maximum absolute atomic E-state index is 9.50. The molecule has 0 aromatic rings. The largest absolute Gasteiger partial charge is 0.393 e. The van der Waals surface area contributed by atoms with Crippen molar-refractivity contribution in [3.05, 3.63) is 11.6 Å². The highest BCUT2D eigenvalue weighted by Crippen LogP contribution is 2.10. The first kappa shape index (κ1) is 11.7. The van der Waals surface area contributed by atoms with Crippen LogP contribution in [0.3, 0.4) is 0 Å². The summed E-state index contributed by atoms with van der Waals surface area (Å²) >= 11 is 0. The van der Waals surface area contributed by atoms with Crippen LogP contribution >= 0.6 is 0 Å². The van der Waals surface area contributed by atoms with E-state index in [4.69, 9.17) is 0 Å². The molecule has 12 heavy (non-hydrogen) atoms. The first-order chi connectivity index (χ1) is 5.52. The Balaban J connectivity index is 3.46. The van der Waals surface area contributed by atoms with Crippen LogP contribution in [-0.4, -0.2) is 11.2 Å². The second-order valence-electron chi connectivity index (χ2n) is 4.14. The van der Waals surface area contributed by atoms with Crippen molar-refractivity contribution in [2.75, 3.05) is 0 Å². The summed E-state index contributed by atoms with van der Waals surface area (Å²) in [5.74, 6) is 0.700. The van der Waals surface area contributed by atoms with E-state index in [0.717, 1.165) is 19.3 Å². The third-order valence-electron chi connectivity index (χ3n) is 1.88. The van der Waals surface area contributed by atoms with Crippen molar-refractivity contribution in [3.8, 4) is 0 Å². The van der Waals surface area contributed by atoms with Gasteiger partial charge in [-0.1, -0.05) is 25.5 Å². The number of hydrogen-bond donors (Lipinski definition) is 1. The SMILES string of the molecule is CC(C)=CC[C@H](O)CCC(C)C. The molecule has 0 aromatic carbocycles. The molecular weight excluding hydrogens is 148 g/mol. The van der Waals surface area contributed by atoms with Gasteiger partial charge < -0.3 is 5.11 Å². The van der Waals surface area contributed by atoms with Gasteiger partial charge in [0.1, 0.15) is 0 Å². The molecule has 0 saturated heterocycles. The Morgan fingerprint density at radius 1 is 1.25 bits per heavy atom. The first-order valence-electron chi connectivity index (χ1n) is 4.83. The van der Waals surface area contributed by atoms with Crippen molar-refractivity contribution in [3.63, 3.8) is 0 Å². The molecule has 0 aliphatic rings. The van der Waals surface area contributed by atoms with Crippen LogP contribution in [0.1, 0.15) is 47.0 Å². The van der Waals surface area contributed by atoms with E-state index in [-0.39, 0.29) is 6.10 Å². The molecule has 0 aromatic heterocycles. The molecule has 0 saturated carbocycles. The van der Waals surface area contributed by atoms with E-state index in [1.807, 2.05) is 0 Å². The van der Waals surface area contributed by atoms with Gasteiger partial charge in [-0.2, -0.15) is 0 Å². The van der Waals surface area contributed by atoms with Gasteiger partial charge in [0.15, 0.2) is 0 Å². The summed E-state index contributed by atoms with van der Waals surface area (Å²) in [6.45, 7) is 8.51. The van der Waals surface area contributed by atoms with Crippen molar-refractivity contribution in [1.29, 1.82) is 0 Å². The van der Waals surface area contributed by atoms with Crippen LogP contribution in [0, 0.1) is 5.92 Å². The predicted molar refractivity (Wildman–Crippen MR) is 54.1 cm³/mol. The Labute approximate surface area is 76.5 Å². The minimum absolute atomic E-state index is 0.137. The topological polar surface area (TPSA) is 20.2 Å². The molecule has 0 bridgehead atoms. The van der Waals surface area contributed by atoms with Crippen molar-refractivity contribution in [2.24, 2.45) is 5.92 Å². The molecule has 0 aliphatic heterocycles. The third-order valence-corrected chi connectivity index (χ3v) is 1.88. The number of allylic oxidation sites excluding steroid dienone is 1. The summed E-state index contributed by atoms with van der Waals surface area (Å²) in [6.07, 6.45) is 4.83. The molecule has 0 aliphatic carbocycles. The smallest absolute Gasteiger partial charge is 0.0574 e. The summed E-state index contributed by atoms with van der Waals surface area (Å²) in [5.41, 5.74) is 1.29. The fraction of sp³-hybridized carbons (Fsp3) is 0.818. The van der Waals surface area contributed by atoms with Crippen molar-refractivity contribution < 1.29 is 5.11 Å². The zero-order valence-corrected chi connectivity index (χ0v) is 8.80. The van der Waals surface area contributed by atoms with Crippen LogP contribution in [0.2, 0.25) is 0 Å². The van der Waals surface area contributed by atoms with Gasteiger partial charge in [-0.25, -0.2) is 0 Å². The van der Waals surface area contributed by atoms with E-state index in [1.54, 1.807) is 0 Å². The lowest BCUT2D eigenvalue weighted by molar-refractivity contribution is 0.159. The molecular formula is C11H22O. The maximum atomic E-state index is 9.50. The van der Waals surface area contributed by atoms with Crippen LogP contribution in [0.5, 0.6) is 0 Å². The van der Waals surface area contributed by atoms with Gasteiger partial charge in [0.25, 0.3) is 0 Å². The van der Waals surface area contributed by atoms with Gasteiger partial charge in [-0.3, -0.25) is 0 Å². The lowest BCUT2D eigenvalue weighted by Crippen LogP contribution is -2.06. The zero-order chi connectivity index (χ0) is 9.56.